The first-order chi connectivity index (χ1) is 11.1. The van der Waals surface area contributed by atoms with Crippen LogP contribution in [-0.2, 0) is 12.7 Å². The molecule has 3 aromatic rings. The van der Waals surface area contributed by atoms with E-state index in [1.54, 1.807) is 24.3 Å². The molecule has 0 aliphatic heterocycles. The van der Waals surface area contributed by atoms with Gasteiger partial charge in [-0.25, -0.2) is 4.98 Å². The Balaban J connectivity index is 1.74. The zero-order valence-corrected chi connectivity index (χ0v) is 12.3. The van der Waals surface area contributed by atoms with E-state index in [0.29, 0.717) is 29.8 Å². The largest absolute Gasteiger partial charge is 0.494 e. The molecule has 0 aliphatic rings. The average Bonchev–Trinajstić information content (AvgIpc) is 2.92. The Morgan fingerprint density at radius 2 is 1.65 bits per heavy atom. The van der Waals surface area contributed by atoms with Crippen LogP contribution < -0.4 is 4.74 Å². The second kappa shape index (κ2) is 6.32. The van der Waals surface area contributed by atoms with E-state index >= 15 is 0 Å². The molecule has 0 fully saturated rings. The van der Waals surface area contributed by atoms with E-state index in [1.165, 1.54) is 4.57 Å². The predicted molar refractivity (Wildman–Crippen MR) is 81.3 cm³/mol. The fourth-order valence-electron chi connectivity index (χ4n) is 2.45. The number of hydrogen-bond acceptors (Lipinski definition) is 2. The van der Waals surface area contributed by atoms with Crippen molar-refractivity contribution in [3.63, 3.8) is 0 Å². The third-order valence-electron chi connectivity index (χ3n) is 3.45. The lowest BCUT2D eigenvalue weighted by Crippen LogP contribution is -2.16. The van der Waals surface area contributed by atoms with Gasteiger partial charge in [0.05, 0.1) is 17.6 Å². The van der Waals surface area contributed by atoms with E-state index in [1.807, 2.05) is 30.3 Å². The summed E-state index contributed by atoms with van der Waals surface area (Å²) >= 11 is 0. The van der Waals surface area contributed by atoms with Crippen LogP contribution in [0.5, 0.6) is 5.75 Å². The lowest BCUT2D eigenvalue weighted by atomic mass is 10.3. The minimum absolute atomic E-state index is 0.197. The van der Waals surface area contributed by atoms with Crippen molar-refractivity contribution in [2.75, 3.05) is 6.61 Å². The van der Waals surface area contributed by atoms with Crippen LogP contribution >= 0.6 is 0 Å². The van der Waals surface area contributed by atoms with Crippen molar-refractivity contribution in [1.82, 2.24) is 9.55 Å². The lowest BCUT2D eigenvalue weighted by molar-refractivity contribution is -0.147. The first-order valence-corrected chi connectivity index (χ1v) is 7.26. The van der Waals surface area contributed by atoms with Crippen molar-refractivity contribution in [1.29, 1.82) is 0 Å². The molecule has 6 heteroatoms. The first-order valence-electron chi connectivity index (χ1n) is 7.26. The highest BCUT2D eigenvalue weighted by atomic mass is 19.4. The van der Waals surface area contributed by atoms with E-state index in [-0.39, 0.29) is 6.54 Å². The van der Waals surface area contributed by atoms with Crippen molar-refractivity contribution in [2.24, 2.45) is 0 Å². The maximum atomic E-state index is 13.1. The van der Waals surface area contributed by atoms with E-state index in [2.05, 4.69) is 4.98 Å². The van der Waals surface area contributed by atoms with Gasteiger partial charge in [0.15, 0.2) is 0 Å². The van der Waals surface area contributed by atoms with Crippen LogP contribution in [0.1, 0.15) is 12.2 Å². The molecule has 120 valence electrons. The number of benzene rings is 2. The molecule has 0 saturated heterocycles. The number of rotatable bonds is 5. The van der Waals surface area contributed by atoms with Gasteiger partial charge in [0.1, 0.15) is 5.75 Å². The highest BCUT2D eigenvalue weighted by Gasteiger charge is 2.37. The summed E-state index contributed by atoms with van der Waals surface area (Å²) in [6.07, 6.45) is -4.02. The Morgan fingerprint density at radius 3 is 2.39 bits per heavy atom. The lowest BCUT2D eigenvalue weighted by Gasteiger charge is -2.12. The zero-order valence-electron chi connectivity index (χ0n) is 12.3. The van der Waals surface area contributed by atoms with Gasteiger partial charge >= 0.3 is 6.18 Å². The molecule has 0 bridgehead atoms. The predicted octanol–water partition coefficient (Wildman–Crippen LogP) is 4.52. The molecule has 0 unspecified atom stereocenters. The smallest absolute Gasteiger partial charge is 0.449 e. The van der Waals surface area contributed by atoms with Gasteiger partial charge in [0.2, 0.25) is 5.82 Å². The number of hydrogen-bond donors (Lipinski definition) is 0. The highest BCUT2D eigenvalue weighted by molar-refractivity contribution is 5.76. The second-order valence-electron chi connectivity index (χ2n) is 5.09. The molecule has 1 heterocycles. The van der Waals surface area contributed by atoms with Crippen molar-refractivity contribution in [3.05, 3.63) is 60.4 Å². The second-order valence-corrected chi connectivity index (χ2v) is 5.09. The van der Waals surface area contributed by atoms with Crippen LogP contribution in [0.25, 0.3) is 11.0 Å². The van der Waals surface area contributed by atoms with Gasteiger partial charge in [-0.3, -0.25) is 0 Å². The standard InChI is InChI=1S/C17H15F3N2O/c18-17(19,20)16-21-14-9-4-5-10-15(14)22(16)11-6-12-23-13-7-2-1-3-8-13/h1-5,7-10H,6,11-12H2. The Morgan fingerprint density at radius 1 is 0.957 bits per heavy atom. The van der Waals surface area contributed by atoms with Crippen LogP contribution in [0.2, 0.25) is 0 Å². The minimum atomic E-state index is -4.47. The monoisotopic (exact) mass is 320 g/mol. The minimum Gasteiger partial charge on any atom is -0.494 e. The van der Waals surface area contributed by atoms with Gasteiger partial charge in [-0.15, -0.1) is 0 Å². The Labute approximate surface area is 131 Å². The number of aromatic nitrogens is 2. The van der Waals surface area contributed by atoms with Gasteiger partial charge in [0.25, 0.3) is 0 Å². The Bertz CT molecular complexity index is 781. The zero-order chi connectivity index (χ0) is 16.3. The third-order valence-corrected chi connectivity index (χ3v) is 3.45. The number of para-hydroxylation sites is 3. The SMILES string of the molecule is FC(F)(F)c1nc2ccccc2n1CCCOc1ccccc1. The van der Waals surface area contributed by atoms with Crippen LogP contribution in [0.4, 0.5) is 13.2 Å². The molecule has 0 amide bonds. The number of aryl methyl sites for hydroxylation is 1. The number of imidazole rings is 1. The number of ether oxygens (including phenoxy) is 1. The summed E-state index contributed by atoms with van der Waals surface area (Å²) in [5.74, 6) is -0.155. The van der Waals surface area contributed by atoms with Crippen molar-refractivity contribution < 1.29 is 17.9 Å². The van der Waals surface area contributed by atoms with E-state index in [9.17, 15) is 13.2 Å². The van der Waals surface area contributed by atoms with Gasteiger partial charge in [-0.1, -0.05) is 30.3 Å². The summed E-state index contributed by atoms with van der Waals surface area (Å²) in [6, 6.07) is 15.8. The summed E-state index contributed by atoms with van der Waals surface area (Å²) in [7, 11) is 0. The molecule has 0 atom stereocenters. The number of halogens is 3. The third kappa shape index (κ3) is 3.47. The molecule has 23 heavy (non-hydrogen) atoms. The van der Waals surface area contributed by atoms with Crippen LogP contribution in [-0.4, -0.2) is 16.2 Å². The van der Waals surface area contributed by atoms with Crippen LogP contribution in [0, 0.1) is 0 Å². The molecule has 2 aromatic carbocycles. The van der Waals surface area contributed by atoms with Gasteiger partial charge in [0, 0.05) is 6.54 Å². The highest BCUT2D eigenvalue weighted by Crippen LogP contribution is 2.31. The number of alkyl halides is 3. The summed E-state index contributed by atoms with van der Waals surface area (Å²) in [4.78, 5) is 3.72. The maximum Gasteiger partial charge on any atom is 0.449 e. The Kier molecular flexibility index (Phi) is 4.23. The van der Waals surface area contributed by atoms with Gasteiger partial charge in [-0.05, 0) is 30.7 Å². The van der Waals surface area contributed by atoms with E-state index in [0.717, 1.165) is 0 Å². The van der Waals surface area contributed by atoms with E-state index < -0.39 is 12.0 Å². The average molecular weight is 320 g/mol. The van der Waals surface area contributed by atoms with Crippen molar-refractivity contribution >= 4 is 11.0 Å². The molecule has 0 N–H and O–H groups in total. The molecule has 3 nitrogen and oxygen atoms in total. The molecule has 0 spiro atoms. The van der Waals surface area contributed by atoms with Crippen molar-refractivity contribution in [2.45, 2.75) is 19.1 Å². The fraction of sp³-hybridized carbons (Fsp3) is 0.235. The topological polar surface area (TPSA) is 27.1 Å². The number of nitrogens with zero attached hydrogens (tertiary/aromatic N) is 2. The first kappa shape index (κ1) is 15.4. The maximum absolute atomic E-state index is 13.1. The van der Waals surface area contributed by atoms with Crippen LogP contribution in [0.3, 0.4) is 0 Å². The molecule has 1 aromatic heterocycles. The normalized spacial score (nSPS) is 11.8. The summed E-state index contributed by atoms with van der Waals surface area (Å²) in [5.41, 5.74) is 0.836. The van der Waals surface area contributed by atoms with Crippen molar-refractivity contribution in [3.8, 4) is 5.75 Å². The molecular weight excluding hydrogens is 305 g/mol. The molecular formula is C17H15F3N2O. The van der Waals surface area contributed by atoms with Crippen LogP contribution in [0.15, 0.2) is 54.6 Å². The molecule has 0 saturated carbocycles. The Hall–Kier alpha value is -2.50. The summed E-state index contributed by atoms with van der Waals surface area (Å²) < 4.78 is 46.2. The summed E-state index contributed by atoms with van der Waals surface area (Å²) in [6.45, 7) is 0.538. The van der Waals surface area contributed by atoms with Gasteiger partial charge < -0.3 is 9.30 Å². The quantitative estimate of drug-likeness (QED) is 0.646. The molecule has 0 radical (unpaired) electrons. The molecule has 3 rings (SSSR count). The molecule has 0 aliphatic carbocycles. The summed E-state index contributed by atoms with van der Waals surface area (Å²) in [5, 5.41) is 0. The van der Waals surface area contributed by atoms with E-state index in [4.69, 9.17) is 4.74 Å². The fourth-order valence-corrected chi connectivity index (χ4v) is 2.45. The number of fused-ring (bicyclic) bond motifs is 1. The van der Waals surface area contributed by atoms with Gasteiger partial charge in [-0.2, -0.15) is 13.2 Å².